The standard InChI is InChI=1S/C8H7BrF2O2S.C8H7BrO3S/c9-4-3-5(8-12-1-2-13-8)14-6(4)7(10)11;9-5-3-6(13-7(5)4-10)8-11-1-2-12-8/h3,7-8H,1-2H2;3-4,8H,1-2H2. The van der Waals surface area contributed by atoms with E-state index in [1.54, 1.807) is 6.07 Å². The van der Waals surface area contributed by atoms with E-state index in [1.165, 1.54) is 11.3 Å². The second kappa shape index (κ2) is 9.97. The number of carbonyl (C=O) groups is 1. The zero-order valence-electron chi connectivity index (χ0n) is 13.7. The van der Waals surface area contributed by atoms with Crippen LogP contribution in [-0.2, 0) is 18.9 Å². The Bertz CT molecular complexity index is 771. The number of hydrogen-bond acceptors (Lipinski definition) is 7. The molecule has 0 aliphatic carbocycles. The van der Waals surface area contributed by atoms with Crippen LogP contribution in [0.1, 0.15) is 43.3 Å². The SMILES string of the molecule is FC(F)c1sc(C2OCCO2)cc1Br.O=Cc1sc(C2OCCO2)cc1Br. The molecule has 4 heterocycles. The van der Waals surface area contributed by atoms with Crippen LogP contribution in [0.3, 0.4) is 0 Å². The fourth-order valence-corrected chi connectivity index (χ4v) is 5.63. The van der Waals surface area contributed by atoms with Gasteiger partial charge in [-0.25, -0.2) is 8.78 Å². The summed E-state index contributed by atoms with van der Waals surface area (Å²) >= 11 is 8.79. The molecule has 0 unspecified atom stereocenters. The molecule has 0 amide bonds. The van der Waals surface area contributed by atoms with E-state index in [2.05, 4.69) is 31.9 Å². The molecule has 5 nitrogen and oxygen atoms in total. The zero-order valence-corrected chi connectivity index (χ0v) is 18.5. The maximum Gasteiger partial charge on any atom is 0.273 e. The fraction of sp³-hybridized carbons (Fsp3) is 0.438. The van der Waals surface area contributed by atoms with E-state index in [0.29, 0.717) is 40.7 Å². The summed E-state index contributed by atoms with van der Waals surface area (Å²) in [5.74, 6) is 0. The number of alkyl halides is 2. The summed E-state index contributed by atoms with van der Waals surface area (Å²) < 4.78 is 47.1. The second-order valence-electron chi connectivity index (χ2n) is 5.29. The van der Waals surface area contributed by atoms with Crippen molar-refractivity contribution >= 4 is 60.8 Å². The lowest BCUT2D eigenvalue weighted by molar-refractivity contribution is -0.0415. The van der Waals surface area contributed by atoms with E-state index in [1.807, 2.05) is 6.07 Å². The van der Waals surface area contributed by atoms with Crippen LogP contribution >= 0.6 is 54.5 Å². The van der Waals surface area contributed by atoms with Crippen molar-refractivity contribution in [3.63, 3.8) is 0 Å². The average Bonchev–Trinajstić information content (AvgIpc) is 3.42. The summed E-state index contributed by atoms with van der Waals surface area (Å²) in [6.45, 7) is 2.28. The van der Waals surface area contributed by atoms with E-state index >= 15 is 0 Å². The molecule has 0 bridgehead atoms. The van der Waals surface area contributed by atoms with Crippen LogP contribution < -0.4 is 0 Å². The normalized spacial score (nSPS) is 18.1. The maximum atomic E-state index is 12.4. The van der Waals surface area contributed by atoms with Gasteiger partial charge in [0.1, 0.15) is 0 Å². The van der Waals surface area contributed by atoms with Crippen LogP contribution in [0.15, 0.2) is 21.1 Å². The smallest absolute Gasteiger partial charge is 0.273 e. The Kier molecular flexibility index (Phi) is 7.92. The summed E-state index contributed by atoms with van der Waals surface area (Å²) in [4.78, 5) is 12.9. The fourth-order valence-electron chi connectivity index (χ4n) is 2.31. The van der Waals surface area contributed by atoms with Crippen LogP contribution in [0.2, 0.25) is 0 Å². The molecule has 0 atom stereocenters. The van der Waals surface area contributed by atoms with E-state index in [-0.39, 0.29) is 11.2 Å². The predicted octanol–water partition coefficient (Wildman–Crippen LogP) is 5.86. The van der Waals surface area contributed by atoms with E-state index in [4.69, 9.17) is 18.9 Å². The molecule has 0 radical (unpaired) electrons. The van der Waals surface area contributed by atoms with Gasteiger partial charge in [-0.3, -0.25) is 4.79 Å². The van der Waals surface area contributed by atoms with Crippen molar-refractivity contribution in [1.29, 1.82) is 0 Å². The van der Waals surface area contributed by atoms with Crippen molar-refractivity contribution in [1.82, 2.24) is 0 Å². The largest absolute Gasteiger partial charge is 0.345 e. The molecule has 2 fully saturated rings. The van der Waals surface area contributed by atoms with Crippen molar-refractivity contribution in [2.75, 3.05) is 26.4 Å². The molecule has 11 heteroatoms. The van der Waals surface area contributed by atoms with Gasteiger partial charge in [0.15, 0.2) is 18.9 Å². The van der Waals surface area contributed by atoms with E-state index in [0.717, 1.165) is 27.0 Å². The highest BCUT2D eigenvalue weighted by molar-refractivity contribution is 9.11. The van der Waals surface area contributed by atoms with Gasteiger partial charge in [-0.05, 0) is 44.0 Å². The first-order valence-electron chi connectivity index (χ1n) is 7.77. The molecule has 0 saturated carbocycles. The molecule has 2 aliphatic heterocycles. The number of halogens is 4. The third kappa shape index (κ3) is 5.41. The molecule has 4 rings (SSSR count). The van der Waals surface area contributed by atoms with Gasteiger partial charge in [-0.1, -0.05) is 0 Å². The van der Waals surface area contributed by atoms with E-state index < -0.39 is 12.7 Å². The van der Waals surface area contributed by atoms with Crippen molar-refractivity contribution in [3.05, 3.63) is 40.6 Å². The summed E-state index contributed by atoms with van der Waals surface area (Å²) in [6.07, 6.45) is -2.38. The minimum atomic E-state index is -2.45. The Balaban J connectivity index is 0.000000156. The Morgan fingerprint density at radius 1 is 0.926 bits per heavy atom. The topological polar surface area (TPSA) is 54.0 Å². The number of hydrogen-bond donors (Lipinski definition) is 0. The average molecular weight is 548 g/mol. The minimum absolute atomic E-state index is 0.0269. The molecule has 27 heavy (non-hydrogen) atoms. The molecule has 2 aliphatic rings. The zero-order chi connectivity index (χ0) is 19.4. The molecule has 0 N–H and O–H groups in total. The van der Waals surface area contributed by atoms with Gasteiger partial charge in [-0.15, -0.1) is 22.7 Å². The quantitative estimate of drug-likeness (QED) is 0.449. The molecular weight excluding hydrogens is 534 g/mol. The lowest BCUT2D eigenvalue weighted by Gasteiger charge is -2.04. The molecular formula is C16H14Br2F2O5S2. The molecule has 2 aromatic rings. The highest BCUT2D eigenvalue weighted by Crippen LogP contribution is 2.39. The Morgan fingerprint density at radius 3 is 1.81 bits per heavy atom. The van der Waals surface area contributed by atoms with Gasteiger partial charge < -0.3 is 18.9 Å². The monoisotopic (exact) mass is 546 g/mol. The van der Waals surface area contributed by atoms with Crippen LogP contribution in [0, 0.1) is 0 Å². The summed E-state index contributed by atoms with van der Waals surface area (Å²) in [6, 6.07) is 3.49. The van der Waals surface area contributed by atoms with Gasteiger partial charge in [0.25, 0.3) is 6.43 Å². The second-order valence-corrected chi connectivity index (χ2v) is 9.23. The Morgan fingerprint density at radius 2 is 1.41 bits per heavy atom. The van der Waals surface area contributed by atoms with Crippen LogP contribution in [0.25, 0.3) is 0 Å². The molecule has 0 aromatic carbocycles. The first-order chi connectivity index (χ1) is 13.0. The highest BCUT2D eigenvalue weighted by Gasteiger charge is 2.24. The Labute approximate surface area is 178 Å². The number of ether oxygens (including phenoxy) is 4. The lowest BCUT2D eigenvalue weighted by atomic mass is 10.4. The number of thiophene rings is 2. The minimum Gasteiger partial charge on any atom is -0.345 e. The van der Waals surface area contributed by atoms with E-state index in [9.17, 15) is 13.6 Å². The maximum absolute atomic E-state index is 12.4. The lowest BCUT2D eigenvalue weighted by Crippen LogP contribution is -1.93. The van der Waals surface area contributed by atoms with Crippen LogP contribution in [-0.4, -0.2) is 32.7 Å². The van der Waals surface area contributed by atoms with Crippen molar-refractivity contribution in [2.45, 2.75) is 19.0 Å². The van der Waals surface area contributed by atoms with Gasteiger partial charge in [0.2, 0.25) is 0 Å². The number of rotatable bonds is 4. The first kappa shape index (κ1) is 21.4. The molecule has 148 valence electrons. The van der Waals surface area contributed by atoms with Crippen molar-refractivity contribution in [2.24, 2.45) is 0 Å². The van der Waals surface area contributed by atoms with Gasteiger partial charge in [0.05, 0.1) is 45.9 Å². The number of carbonyl (C=O) groups excluding carboxylic acids is 1. The first-order valence-corrected chi connectivity index (χ1v) is 11.0. The summed E-state index contributed by atoms with van der Waals surface area (Å²) in [5.41, 5.74) is 0. The summed E-state index contributed by atoms with van der Waals surface area (Å²) in [7, 11) is 0. The molecule has 0 spiro atoms. The third-order valence-electron chi connectivity index (χ3n) is 3.48. The van der Waals surface area contributed by atoms with Crippen molar-refractivity contribution < 1.29 is 32.5 Å². The van der Waals surface area contributed by atoms with Gasteiger partial charge in [0, 0.05) is 8.95 Å². The Hall–Kier alpha value is -0.270. The predicted molar refractivity (Wildman–Crippen MR) is 104 cm³/mol. The molecule has 2 saturated heterocycles. The van der Waals surface area contributed by atoms with Crippen LogP contribution in [0.4, 0.5) is 8.78 Å². The third-order valence-corrected chi connectivity index (χ3v) is 7.56. The highest BCUT2D eigenvalue weighted by atomic mass is 79.9. The van der Waals surface area contributed by atoms with Gasteiger partial charge in [-0.2, -0.15) is 0 Å². The van der Waals surface area contributed by atoms with Gasteiger partial charge >= 0.3 is 0 Å². The summed E-state index contributed by atoms with van der Waals surface area (Å²) in [5, 5.41) is 0. The van der Waals surface area contributed by atoms with Crippen LogP contribution in [0.5, 0.6) is 0 Å². The van der Waals surface area contributed by atoms with Crippen molar-refractivity contribution in [3.8, 4) is 0 Å². The molecule has 2 aromatic heterocycles. The number of aldehydes is 1.